The summed E-state index contributed by atoms with van der Waals surface area (Å²) in [4.78, 5) is 17.0. The molecule has 1 aromatic carbocycles. The Kier molecular flexibility index (Phi) is 4.60. The SMILES string of the molecule is O=C(O)c1ccc2c(c1)n1c(N3CCOCC3)[n+]3ccccc3c1c1c3cccc[n+]3c(N3CCCC3)n21. The van der Waals surface area contributed by atoms with E-state index in [1.54, 1.807) is 6.07 Å². The highest BCUT2D eigenvalue weighted by molar-refractivity contribution is 6.05. The first-order chi connectivity index (χ1) is 18.7. The third kappa shape index (κ3) is 2.87. The van der Waals surface area contributed by atoms with Gasteiger partial charge in [0.2, 0.25) is 0 Å². The molecule has 0 spiro atoms. The number of anilines is 2. The molecule has 38 heavy (non-hydrogen) atoms. The molecule has 0 unspecified atom stereocenters. The Labute approximate surface area is 217 Å². The van der Waals surface area contributed by atoms with Gasteiger partial charge >= 0.3 is 17.9 Å². The number of aromatic carboxylic acids is 1. The number of carbonyl (C=O) groups is 1. The Morgan fingerprint density at radius 2 is 1.32 bits per heavy atom. The molecule has 2 aliphatic heterocycles. The van der Waals surface area contributed by atoms with E-state index >= 15 is 0 Å². The van der Waals surface area contributed by atoms with Crippen molar-refractivity contribution in [2.24, 2.45) is 0 Å². The zero-order valence-corrected chi connectivity index (χ0v) is 21.0. The maximum atomic E-state index is 12.2. The van der Waals surface area contributed by atoms with Gasteiger partial charge in [0, 0.05) is 0 Å². The van der Waals surface area contributed by atoms with E-state index in [4.69, 9.17) is 4.74 Å². The van der Waals surface area contributed by atoms with Crippen LogP contribution in [0.1, 0.15) is 23.2 Å². The van der Waals surface area contributed by atoms with Crippen LogP contribution in [0.5, 0.6) is 0 Å². The molecule has 0 saturated carbocycles. The molecule has 2 saturated heterocycles. The van der Waals surface area contributed by atoms with Crippen LogP contribution >= 0.6 is 0 Å². The first-order valence-electron chi connectivity index (χ1n) is 13.3. The summed E-state index contributed by atoms with van der Waals surface area (Å²) >= 11 is 0. The molecule has 0 aliphatic carbocycles. The highest BCUT2D eigenvalue weighted by Gasteiger charge is 2.37. The van der Waals surface area contributed by atoms with Crippen LogP contribution in [-0.4, -0.2) is 59.3 Å². The van der Waals surface area contributed by atoms with Gasteiger partial charge in [-0.1, -0.05) is 12.1 Å². The summed E-state index contributed by atoms with van der Waals surface area (Å²) in [6.45, 7) is 4.85. The van der Waals surface area contributed by atoms with E-state index in [1.165, 1.54) is 0 Å². The molecule has 2 aliphatic rings. The number of carboxylic acids is 1. The second-order valence-corrected chi connectivity index (χ2v) is 10.2. The Bertz CT molecular complexity index is 1910. The Morgan fingerprint density at radius 3 is 1.92 bits per heavy atom. The standard InChI is InChI=1S/C29H27N6O3/c36-27(37)20-9-10-21-24(19-20)35-26(23-8-2-4-14-33(23)29(35)31-15-17-38-18-16-31)25-22-7-1-3-13-32(22)28(34(21)25)30-11-5-6-12-30/h1-4,7-10,13-14,19H,5-6,11-12,15-18H2/q+1/p+1. The number of pyridine rings is 2. The van der Waals surface area contributed by atoms with Crippen molar-refractivity contribution in [2.45, 2.75) is 12.8 Å². The van der Waals surface area contributed by atoms with Gasteiger partial charge in [0.15, 0.2) is 22.1 Å². The number of carboxylic acid groups (broad SMARTS) is 1. The summed E-state index contributed by atoms with van der Waals surface area (Å²) in [5.41, 5.74) is 6.53. The van der Waals surface area contributed by atoms with Crippen molar-refractivity contribution in [3.63, 3.8) is 0 Å². The third-order valence-corrected chi connectivity index (χ3v) is 8.09. The van der Waals surface area contributed by atoms with Crippen molar-refractivity contribution >= 4 is 51.0 Å². The quantitative estimate of drug-likeness (QED) is 0.373. The molecule has 190 valence electrons. The first-order valence-corrected chi connectivity index (χ1v) is 13.3. The predicted octanol–water partition coefficient (Wildman–Crippen LogP) is 2.96. The zero-order valence-electron chi connectivity index (χ0n) is 21.0. The highest BCUT2D eigenvalue weighted by atomic mass is 16.5. The van der Waals surface area contributed by atoms with Crippen molar-refractivity contribution in [1.29, 1.82) is 0 Å². The van der Waals surface area contributed by atoms with Gasteiger partial charge in [-0.05, 0) is 55.3 Å². The van der Waals surface area contributed by atoms with E-state index in [0.29, 0.717) is 13.2 Å². The molecule has 1 N–H and O–H groups in total. The molecule has 5 aromatic heterocycles. The van der Waals surface area contributed by atoms with Crippen molar-refractivity contribution in [3.8, 4) is 0 Å². The molecule has 6 aromatic rings. The van der Waals surface area contributed by atoms with Crippen molar-refractivity contribution in [3.05, 3.63) is 72.6 Å². The molecule has 9 heteroatoms. The molecular weight excluding hydrogens is 480 g/mol. The summed E-state index contributed by atoms with van der Waals surface area (Å²) in [6.07, 6.45) is 6.58. The number of hydrogen-bond donors (Lipinski definition) is 1. The minimum absolute atomic E-state index is 0.279. The van der Waals surface area contributed by atoms with Gasteiger partial charge in [-0.2, -0.15) is 8.80 Å². The summed E-state index contributed by atoms with van der Waals surface area (Å²) in [7, 11) is 0. The van der Waals surface area contributed by atoms with Crippen LogP contribution in [0, 0.1) is 0 Å². The van der Waals surface area contributed by atoms with Gasteiger partial charge in [0.25, 0.3) is 0 Å². The number of rotatable bonds is 3. The monoisotopic (exact) mass is 508 g/mol. The lowest BCUT2D eigenvalue weighted by Gasteiger charge is -2.22. The molecule has 2 fully saturated rings. The number of nitrogens with zero attached hydrogens (tertiary/aromatic N) is 6. The second kappa shape index (κ2) is 8.06. The molecule has 0 atom stereocenters. The third-order valence-electron chi connectivity index (χ3n) is 8.09. The van der Waals surface area contributed by atoms with Crippen molar-refractivity contribution < 1.29 is 23.4 Å². The average molecular weight is 509 g/mol. The van der Waals surface area contributed by atoms with Crippen LogP contribution in [0.4, 0.5) is 11.9 Å². The minimum Gasteiger partial charge on any atom is -0.478 e. The van der Waals surface area contributed by atoms with Gasteiger partial charge in [0.05, 0.1) is 57.3 Å². The summed E-state index contributed by atoms with van der Waals surface area (Å²) < 4.78 is 14.9. The largest absolute Gasteiger partial charge is 0.478 e. The van der Waals surface area contributed by atoms with Gasteiger partial charge in [-0.3, -0.25) is 9.80 Å². The van der Waals surface area contributed by atoms with Gasteiger partial charge in [0.1, 0.15) is 11.0 Å². The number of hydrogen-bond acceptors (Lipinski definition) is 4. The normalized spacial score (nSPS) is 16.6. The molecule has 0 radical (unpaired) electrons. The van der Waals surface area contributed by atoms with Gasteiger partial charge < -0.3 is 9.84 Å². The van der Waals surface area contributed by atoms with Crippen LogP contribution in [0.25, 0.3) is 33.1 Å². The van der Waals surface area contributed by atoms with Gasteiger partial charge in [-0.25, -0.2) is 13.6 Å². The Balaban J connectivity index is 1.67. The highest BCUT2D eigenvalue weighted by Crippen LogP contribution is 2.35. The number of imidazole rings is 2. The lowest BCUT2D eigenvalue weighted by atomic mass is 10.1. The maximum absolute atomic E-state index is 12.2. The number of aromatic nitrogens is 4. The maximum Gasteiger partial charge on any atom is 0.370 e. The smallest absolute Gasteiger partial charge is 0.370 e. The van der Waals surface area contributed by atoms with Crippen LogP contribution in [0.2, 0.25) is 0 Å². The fourth-order valence-corrected chi connectivity index (χ4v) is 6.47. The molecule has 8 rings (SSSR count). The number of benzene rings is 1. The number of ether oxygens (including phenoxy) is 1. The fraction of sp³-hybridized carbons (Fsp3) is 0.276. The van der Waals surface area contributed by atoms with E-state index in [-0.39, 0.29) is 5.56 Å². The Hall–Kier alpha value is -4.37. The number of morpholine rings is 1. The van der Waals surface area contributed by atoms with Crippen LogP contribution in [-0.2, 0) is 4.74 Å². The summed E-state index contributed by atoms with van der Waals surface area (Å²) in [6, 6.07) is 18.2. The second-order valence-electron chi connectivity index (χ2n) is 10.2. The molecule has 7 heterocycles. The van der Waals surface area contributed by atoms with E-state index in [2.05, 4.69) is 76.2 Å². The first kappa shape index (κ1) is 21.7. The van der Waals surface area contributed by atoms with E-state index in [1.807, 2.05) is 12.1 Å². The molecule has 0 bridgehead atoms. The van der Waals surface area contributed by atoms with Crippen molar-refractivity contribution in [2.75, 3.05) is 49.2 Å². The molecule has 0 amide bonds. The summed E-state index contributed by atoms with van der Waals surface area (Å²) in [5, 5.41) is 9.97. The Morgan fingerprint density at radius 1 is 0.737 bits per heavy atom. The average Bonchev–Trinajstić information content (AvgIpc) is 3.68. The molecular formula is C29H28N6O3+2. The minimum atomic E-state index is -0.927. The number of fused-ring (bicyclic) bond motifs is 10. The fourth-order valence-electron chi connectivity index (χ4n) is 6.47. The van der Waals surface area contributed by atoms with Crippen LogP contribution in [0.15, 0.2) is 67.0 Å². The lowest BCUT2D eigenvalue weighted by Crippen LogP contribution is -2.42. The zero-order chi connectivity index (χ0) is 25.4. The van der Waals surface area contributed by atoms with E-state index < -0.39 is 5.97 Å². The topological polar surface area (TPSA) is 70.0 Å². The summed E-state index contributed by atoms with van der Waals surface area (Å²) in [5.74, 6) is 1.21. The van der Waals surface area contributed by atoms with Crippen molar-refractivity contribution in [1.82, 2.24) is 8.80 Å². The predicted molar refractivity (Wildman–Crippen MR) is 144 cm³/mol. The van der Waals surface area contributed by atoms with E-state index in [0.717, 1.165) is 84.0 Å². The van der Waals surface area contributed by atoms with Crippen LogP contribution in [0.3, 0.4) is 0 Å². The van der Waals surface area contributed by atoms with Gasteiger partial charge in [-0.15, -0.1) is 0 Å². The molecule has 9 nitrogen and oxygen atoms in total. The van der Waals surface area contributed by atoms with Crippen LogP contribution < -0.4 is 18.6 Å². The lowest BCUT2D eigenvalue weighted by molar-refractivity contribution is -0.498. The van der Waals surface area contributed by atoms with E-state index in [9.17, 15) is 9.90 Å².